The lowest BCUT2D eigenvalue weighted by Gasteiger charge is -2.17. The van der Waals surface area contributed by atoms with Gasteiger partial charge in [0.1, 0.15) is 0 Å². The number of sulfonamides is 1. The molecule has 4 rings (SSSR count). The highest BCUT2D eigenvalue weighted by molar-refractivity contribution is 7.89. The van der Waals surface area contributed by atoms with Crippen LogP contribution in [0.1, 0.15) is 18.0 Å². The molecule has 1 aliphatic heterocycles. The number of para-hydroxylation sites is 1. The van der Waals surface area contributed by atoms with Gasteiger partial charge in [0, 0.05) is 42.3 Å². The molecule has 2 heterocycles. The van der Waals surface area contributed by atoms with E-state index in [2.05, 4.69) is 22.8 Å². The number of hydrogen-bond acceptors (Lipinski definition) is 2. The normalized spacial score (nSPS) is 18.9. The Bertz CT molecular complexity index is 1040. The van der Waals surface area contributed by atoms with Crippen LogP contribution in [0.3, 0.4) is 0 Å². The number of aryl methyl sites for hydroxylation is 1. The van der Waals surface area contributed by atoms with Crippen molar-refractivity contribution < 1.29 is 8.42 Å². The monoisotopic (exact) mass is 374 g/mol. The molecule has 0 bridgehead atoms. The van der Waals surface area contributed by atoms with Gasteiger partial charge in [-0.05, 0) is 42.1 Å². The first-order valence-electron chi connectivity index (χ1n) is 8.27. The minimum absolute atomic E-state index is 0.200. The van der Waals surface area contributed by atoms with Gasteiger partial charge in [-0.25, -0.2) is 8.42 Å². The topological polar surface area (TPSA) is 42.3 Å². The van der Waals surface area contributed by atoms with Gasteiger partial charge >= 0.3 is 0 Å². The van der Waals surface area contributed by atoms with Crippen LogP contribution in [0.25, 0.3) is 10.9 Å². The van der Waals surface area contributed by atoms with Crippen molar-refractivity contribution in [1.29, 1.82) is 0 Å². The Hall–Kier alpha value is -1.82. The van der Waals surface area contributed by atoms with Crippen LogP contribution in [0, 0.1) is 0 Å². The van der Waals surface area contributed by atoms with Crippen LogP contribution in [0.15, 0.2) is 59.5 Å². The molecule has 0 amide bonds. The summed E-state index contributed by atoms with van der Waals surface area (Å²) in [6, 6.07) is 16.9. The van der Waals surface area contributed by atoms with E-state index in [0.29, 0.717) is 18.1 Å². The lowest BCUT2D eigenvalue weighted by Crippen LogP contribution is -2.28. The number of benzene rings is 2. The highest BCUT2D eigenvalue weighted by atomic mass is 35.5. The first-order valence-corrected chi connectivity index (χ1v) is 10.1. The number of aromatic nitrogens is 1. The number of halogens is 1. The second-order valence-electron chi connectivity index (χ2n) is 6.49. The van der Waals surface area contributed by atoms with E-state index in [1.165, 1.54) is 22.7 Å². The Balaban J connectivity index is 1.63. The lowest BCUT2D eigenvalue weighted by atomic mass is 10.1. The first kappa shape index (κ1) is 16.6. The number of fused-ring (bicyclic) bond motifs is 1. The Morgan fingerprint density at radius 2 is 1.88 bits per heavy atom. The Kier molecular flexibility index (Phi) is 4.10. The Labute approximate surface area is 152 Å². The molecule has 0 N–H and O–H groups in total. The molecule has 1 saturated heterocycles. The molecular formula is C19H19ClN2O2S. The summed E-state index contributed by atoms with van der Waals surface area (Å²) in [6.45, 7) is 1.03. The molecule has 1 fully saturated rings. The average molecular weight is 375 g/mol. The molecule has 0 spiro atoms. The zero-order valence-electron chi connectivity index (χ0n) is 13.9. The highest BCUT2D eigenvalue weighted by Gasteiger charge is 2.34. The van der Waals surface area contributed by atoms with Gasteiger partial charge < -0.3 is 4.57 Å². The van der Waals surface area contributed by atoms with Gasteiger partial charge in [-0.15, -0.1) is 0 Å². The van der Waals surface area contributed by atoms with E-state index in [0.717, 1.165) is 6.42 Å². The fourth-order valence-corrected chi connectivity index (χ4v) is 5.47. The van der Waals surface area contributed by atoms with E-state index in [9.17, 15) is 8.42 Å². The second-order valence-corrected chi connectivity index (χ2v) is 8.87. The smallest absolute Gasteiger partial charge is 0.243 e. The van der Waals surface area contributed by atoms with Crippen LogP contribution in [0.5, 0.6) is 0 Å². The highest BCUT2D eigenvalue weighted by Crippen LogP contribution is 2.34. The fourth-order valence-electron chi connectivity index (χ4n) is 3.67. The number of rotatable bonds is 3. The molecule has 1 unspecified atom stereocenters. The standard InChI is InChI=1S/C19H19ClN2O2S/c1-21-18-8-3-2-5-14(18)11-19(21)15-9-10-22(13-15)25(23,24)17-7-4-6-16(20)12-17/h2-8,11-12,15H,9-10,13H2,1H3. The maximum atomic E-state index is 12.9. The van der Waals surface area contributed by atoms with Crippen LogP contribution in [-0.2, 0) is 17.1 Å². The molecule has 25 heavy (non-hydrogen) atoms. The third-order valence-electron chi connectivity index (χ3n) is 4.99. The van der Waals surface area contributed by atoms with Crippen LogP contribution in [0.2, 0.25) is 5.02 Å². The Morgan fingerprint density at radius 1 is 1.08 bits per heavy atom. The van der Waals surface area contributed by atoms with E-state index in [-0.39, 0.29) is 10.8 Å². The van der Waals surface area contributed by atoms with Crippen LogP contribution >= 0.6 is 11.6 Å². The van der Waals surface area contributed by atoms with Gasteiger partial charge in [0.2, 0.25) is 10.0 Å². The minimum Gasteiger partial charge on any atom is -0.347 e. The van der Waals surface area contributed by atoms with Gasteiger partial charge in [0.25, 0.3) is 0 Å². The molecule has 2 aromatic carbocycles. The molecule has 0 saturated carbocycles. The van der Waals surface area contributed by atoms with Crippen molar-refractivity contribution in [2.24, 2.45) is 7.05 Å². The lowest BCUT2D eigenvalue weighted by molar-refractivity contribution is 0.471. The van der Waals surface area contributed by atoms with E-state index in [1.807, 2.05) is 19.2 Å². The summed E-state index contributed by atoms with van der Waals surface area (Å²) in [5.41, 5.74) is 2.36. The molecule has 6 heteroatoms. The molecule has 3 aromatic rings. The fraction of sp³-hybridized carbons (Fsp3) is 0.263. The van der Waals surface area contributed by atoms with Crippen LogP contribution < -0.4 is 0 Å². The van der Waals surface area contributed by atoms with Crippen molar-refractivity contribution in [3.63, 3.8) is 0 Å². The van der Waals surface area contributed by atoms with Gasteiger partial charge in [-0.3, -0.25) is 0 Å². The minimum atomic E-state index is -3.51. The second kappa shape index (κ2) is 6.16. The summed E-state index contributed by atoms with van der Waals surface area (Å²) < 4.78 is 29.5. The summed E-state index contributed by atoms with van der Waals surface area (Å²) in [5, 5.41) is 1.63. The maximum absolute atomic E-state index is 12.9. The first-order chi connectivity index (χ1) is 12.0. The van der Waals surface area contributed by atoms with Gasteiger partial charge in [-0.2, -0.15) is 4.31 Å². The molecule has 1 atom stereocenters. The van der Waals surface area contributed by atoms with Gasteiger partial charge in [0.05, 0.1) is 4.90 Å². The summed E-state index contributed by atoms with van der Waals surface area (Å²) in [5.74, 6) is 0.200. The summed E-state index contributed by atoms with van der Waals surface area (Å²) in [6.07, 6.45) is 0.823. The summed E-state index contributed by atoms with van der Waals surface area (Å²) in [7, 11) is -1.46. The number of nitrogens with zero attached hydrogens (tertiary/aromatic N) is 2. The summed E-state index contributed by atoms with van der Waals surface area (Å²) >= 11 is 5.96. The summed E-state index contributed by atoms with van der Waals surface area (Å²) in [4.78, 5) is 0.262. The zero-order valence-corrected chi connectivity index (χ0v) is 15.5. The SMILES string of the molecule is Cn1c(C2CCN(S(=O)(=O)c3cccc(Cl)c3)C2)cc2ccccc21. The van der Waals surface area contributed by atoms with Crippen molar-refractivity contribution in [3.05, 3.63) is 65.3 Å². The Morgan fingerprint density at radius 3 is 2.64 bits per heavy atom. The average Bonchev–Trinajstić information content (AvgIpc) is 3.21. The molecule has 1 aromatic heterocycles. The maximum Gasteiger partial charge on any atom is 0.243 e. The van der Waals surface area contributed by atoms with Crippen molar-refractivity contribution in [1.82, 2.24) is 8.87 Å². The van der Waals surface area contributed by atoms with Crippen LogP contribution in [0.4, 0.5) is 0 Å². The predicted molar refractivity (Wildman–Crippen MR) is 100 cm³/mol. The predicted octanol–water partition coefficient (Wildman–Crippen LogP) is 4.01. The largest absolute Gasteiger partial charge is 0.347 e. The third kappa shape index (κ3) is 2.86. The quantitative estimate of drug-likeness (QED) is 0.695. The molecular weight excluding hydrogens is 356 g/mol. The number of hydrogen-bond donors (Lipinski definition) is 0. The molecule has 0 radical (unpaired) electrons. The van der Waals surface area contributed by atoms with Crippen molar-refractivity contribution in [3.8, 4) is 0 Å². The molecule has 1 aliphatic rings. The van der Waals surface area contributed by atoms with Crippen molar-refractivity contribution >= 4 is 32.5 Å². The van der Waals surface area contributed by atoms with E-state index >= 15 is 0 Å². The van der Waals surface area contributed by atoms with Crippen molar-refractivity contribution in [2.75, 3.05) is 13.1 Å². The molecule has 4 nitrogen and oxygen atoms in total. The van der Waals surface area contributed by atoms with E-state index < -0.39 is 10.0 Å². The van der Waals surface area contributed by atoms with Crippen LogP contribution in [-0.4, -0.2) is 30.4 Å². The zero-order chi connectivity index (χ0) is 17.6. The molecule has 130 valence electrons. The van der Waals surface area contributed by atoms with Crippen molar-refractivity contribution in [2.45, 2.75) is 17.2 Å². The van der Waals surface area contributed by atoms with Gasteiger partial charge in [-0.1, -0.05) is 35.9 Å². The third-order valence-corrected chi connectivity index (χ3v) is 7.09. The molecule has 0 aliphatic carbocycles. The van der Waals surface area contributed by atoms with E-state index in [1.54, 1.807) is 22.5 Å². The van der Waals surface area contributed by atoms with E-state index in [4.69, 9.17) is 11.6 Å². The van der Waals surface area contributed by atoms with Gasteiger partial charge in [0.15, 0.2) is 0 Å².